The van der Waals surface area contributed by atoms with Crippen LogP contribution in [0.2, 0.25) is 0 Å². The van der Waals surface area contributed by atoms with Gasteiger partial charge in [0.15, 0.2) is 0 Å². The first-order chi connectivity index (χ1) is 7.86. The molecule has 1 aliphatic heterocycles. The van der Waals surface area contributed by atoms with E-state index in [0.29, 0.717) is 0 Å². The van der Waals surface area contributed by atoms with Crippen molar-refractivity contribution in [3.05, 3.63) is 0 Å². The molecule has 0 amide bonds. The van der Waals surface area contributed by atoms with Crippen molar-refractivity contribution in [3.63, 3.8) is 0 Å². The number of aliphatic hydroxyl groups is 1. The zero-order valence-electron chi connectivity index (χ0n) is 10.2. The predicted molar refractivity (Wildman–Crippen MR) is 69.2 cm³/mol. The summed E-state index contributed by atoms with van der Waals surface area (Å²) in [6.45, 7) is 8.12. The van der Waals surface area contributed by atoms with Crippen molar-refractivity contribution in [1.29, 1.82) is 0 Å². The second-order valence-corrected chi connectivity index (χ2v) is 5.00. The quantitative estimate of drug-likeness (QED) is 0.653. The molecule has 0 aromatic carbocycles. The van der Waals surface area contributed by atoms with Crippen molar-refractivity contribution >= 4 is 11.8 Å². The highest BCUT2D eigenvalue weighted by atomic mass is 32.2. The molecule has 0 radical (unpaired) electrons. The molecule has 1 aliphatic rings. The average molecular weight is 248 g/mol. The number of rotatable bonds is 8. The summed E-state index contributed by atoms with van der Waals surface area (Å²) in [5.74, 6) is 1.14. The van der Waals surface area contributed by atoms with Crippen LogP contribution in [0.25, 0.3) is 0 Å². The molecule has 4 nitrogen and oxygen atoms in total. The molecule has 0 aliphatic carbocycles. The fraction of sp³-hybridized carbons (Fsp3) is 1.00. The fourth-order valence-electron chi connectivity index (χ4n) is 1.80. The van der Waals surface area contributed by atoms with Crippen LogP contribution in [-0.4, -0.2) is 86.0 Å². The summed E-state index contributed by atoms with van der Waals surface area (Å²) in [4.78, 5) is 4.78. The number of hydrogen-bond donors (Lipinski definition) is 1. The molecule has 96 valence electrons. The van der Waals surface area contributed by atoms with E-state index in [1.54, 1.807) is 0 Å². The van der Waals surface area contributed by atoms with Crippen LogP contribution in [0.15, 0.2) is 0 Å². The Balaban J connectivity index is 2.14. The highest BCUT2D eigenvalue weighted by molar-refractivity contribution is 7.98. The molecule has 0 atom stereocenters. The molecule has 1 heterocycles. The molecular formula is C11H24N2O2S. The molecule has 0 spiro atoms. The second kappa shape index (κ2) is 9.24. The fourth-order valence-corrected chi connectivity index (χ4v) is 2.25. The van der Waals surface area contributed by atoms with E-state index in [2.05, 4.69) is 16.1 Å². The Labute approximate surface area is 103 Å². The topological polar surface area (TPSA) is 35.9 Å². The number of hydrogen-bond acceptors (Lipinski definition) is 5. The molecule has 1 rings (SSSR count). The van der Waals surface area contributed by atoms with Crippen molar-refractivity contribution in [3.8, 4) is 0 Å². The minimum absolute atomic E-state index is 0.261. The van der Waals surface area contributed by atoms with E-state index in [0.717, 1.165) is 58.2 Å². The Morgan fingerprint density at radius 3 is 2.62 bits per heavy atom. The van der Waals surface area contributed by atoms with Crippen molar-refractivity contribution in [2.24, 2.45) is 0 Å². The summed E-state index contributed by atoms with van der Waals surface area (Å²) in [7, 11) is 0. The molecule has 16 heavy (non-hydrogen) atoms. The van der Waals surface area contributed by atoms with Gasteiger partial charge in [-0.1, -0.05) is 0 Å². The van der Waals surface area contributed by atoms with Crippen LogP contribution < -0.4 is 0 Å². The van der Waals surface area contributed by atoms with E-state index in [-0.39, 0.29) is 6.61 Å². The summed E-state index contributed by atoms with van der Waals surface area (Å²) in [5, 5.41) is 8.99. The van der Waals surface area contributed by atoms with Crippen LogP contribution in [0.4, 0.5) is 0 Å². The first-order valence-electron chi connectivity index (χ1n) is 5.99. The summed E-state index contributed by atoms with van der Waals surface area (Å²) >= 11 is 1.86. The number of aliphatic hydroxyl groups excluding tert-OH is 1. The predicted octanol–water partition coefficient (Wildman–Crippen LogP) is -0.0241. The standard InChI is InChI=1S/C11H24N2O2S/c1-16-11-7-12(4-8-14)2-3-13-5-9-15-10-6-13/h14H,2-11H2,1H3. The number of ether oxygens (including phenoxy) is 1. The van der Waals surface area contributed by atoms with Gasteiger partial charge in [-0.05, 0) is 6.26 Å². The largest absolute Gasteiger partial charge is 0.395 e. The normalized spacial score (nSPS) is 18.2. The van der Waals surface area contributed by atoms with E-state index >= 15 is 0 Å². The minimum atomic E-state index is 0.261. The summed E-state index contributed by atoms with van der Waals surface area (Å²) in [6, 6.07) is 0. The third kappa shape index (κ3) is 6.06. The van der Waals surface area contributed by atoms with Crippen molar-refractivity contribution < 1.29 is 9.84 Å². The Morgan fingerprint density at radius 1 is 1.25 bits per heavy atom. The van der Waals surface area contributed by atoms with Gasteiger partial charge >= 0.3 is 0 Å². The van der Waals surface area contributed by atoms with Gasteiger partial charge in [0.2, 0.25) is 0 Å². The maximum atomic E-state index is 8.99. The molecule has 0 saturated carbocycles. The van der Waals surface area contributed by atoms with Gasteiger partial charge in [0.1, 0.15) is 0 Å². The smallest absolute Gasteiger partial charge is 0.0594 e. The van der Waals surface area contributed by atoms with Crippen molar-refractivity contribution in [2.75, 3.05) is 71.1 Å². The molecule has 1 fully saturated rings. The van der Waals surface area contributed by atoms with Gasteiger partial charge in [0.25, 0.3) is 0 Å². The Bertz CT molecular complexity index is 166. The van der Waals surface area contributed by atoms with E-state index in [1.165, 1.54) is 0 Å². The van der Waals surface area contributed by atoms with Crippen LogP contribution in [0.3, 0.4) is 0 Å². The van der Waals surface area contributed by atoms with Crippen LogP contribution in [-0.2, 0) is 4.74 Å². The van der Waals surface area contributed by atoms with Gasteiger partial charge in [-0.25, -0.2) is 0 Å². The van der Waals surface area contributed by atoms with E-state index < -0.39 is 0 Å². The molecular weight excluding hydrogens is 224 g/mol. The van der Waals surface area contributed by atoms with Crippen molar-refractivity contribution in [2.45, 2.75) is 0 Å². The first kappa shape index (κ1) is 14.3. The number of thioether (sulfide) groups is 1. The molecule has 1 saturated heterocycles. The van der Waals surface area contributed by atoms with Crippen LogP contribution >= 0.6 is 11.8 Å². The van der Waals surface area contributed by atoms with Gasteiger partial charge < -0.3 is 9.84 Å². The Morgan fingerprint density at radius 2 is 2.00 bits per heavy atom. The van der Waals surface area contributed by atoms with Gasteiger partial charge in [-0.2, -0.15) is 11.8 Å². The number of morpholine rings is 1. The first-order valence-corrected chi connectivity index (χ1v) is 7.38. The lowest BCUT2D eigenvalue weighted by molar-refractivity contribution is 0.0329. The van der Waals surface area contributed by atoms with Gasteiger partial charge in [-0.3, -0.25) is 9.80 Å². The van der Waals surface area contributed by atoms with Gasteiger partial charge in [0, 0.05) is 45.0 Å². The molecule has 0 bridgehead atoms. The minimum Gasteiger partial charge on any atom is -0.395 e. The zero-order valence-corrected chi connectivity index (χ0v) is 11.0. The second-order valence-electron chi connectivity index (χ2n) is 4.01. The third-order valence-electron chi connectivity index (χ3n) is 2.86. The summed E-state index contributed by atoms with van der Waals surface area (Å²) in [6.07, 6.45) is 2.12. The van der Waals surface area contributed by atoms with Gasteiger partial charge in [0.05, 0.1) is 19.8 Å². The van der Waals surface area contributed by atoms with E-state index in [4.69, 9.17) is 9.84 Å². The lowest BCUT2D eigenvalue weighted by Gasteiger charge is -2.29. The molecule has 5 heteroatoms. The summed E-state index contributed by atoms with van der Waals surface area (Å²) in [5.41, 5.74) is 0. The lowest BCUT2D eigenvalue weighted by Crippen LogP contribution is -2.42. The SMILES string of the molecule is CSCCN(CCO)CCN1CCOCC1. The summed E-state index contributed by atoms with van der Waals surface area (Å²) < 4.78 is 5.32. The average Bonchev–Trinajstić information content (AvgIpc) is 2.34. The Hall–Kier alpha value is 0.190. The van der Waals surface area contributed by atoms with Crippen LogP contribution in [0, 0.1) is 0 Å². The molecule has 0 unspecified atom stereocenters. The lowest BCUT2D eigenvalue weighted by atomic mass is 10.4. The molecule has 1 N–H and O–H groups in total. The van der Waals surface area contributed by atoms with Crippen LogP contribution in [0.1, 0.15) is 0 Å². The molecule has 0 aromatic rings. The maximum Gasteiger partial charge on any atom is 0.0594 e. The maximum absolute atomic E-state index is 8.99. The van der Waals surface area contributed by atoms with E-state index in [1.807, 2.05) is 11.8 Å². The zero-order chi connectivity index (χ0) is 11.6. The third-order valence-corrected chi connectivity index (χ3v) is 3.45. The number of nitrogens with zero attached hydrogens (tertiary/aromatic N) is 2. The van der Waals surface area contributed by atoms with E-state index in [9.17, 15) is 0 Å². The highest BCUT2D eigenvalue weighted by Crippen LogP contribution is 1.99. The van der Waals surface area contributed by atoms with Crippen molar-refractivity contribution in [1.82, 2.24) is 9.80 Å². The highest BCUT2D eigenvalue weighted by Gasteiger charge is 2.11. The monoisotopic (exact) mass is 248 g/mol. The van der Waals surface area contributed by atoms with Gasteiger partial charge in [-0.15, -0.1) is 0 Å². The Kier molecular flexibility index (Phi) is 8.23. The molecule has 0 aromatic heterocycles. The van der Waals surface area contributed by atoms with Crippen LogP contribution in [0.5, 0.6) is 0 Å².